The fraction of sp³-hybridized carbons (Fsp3) is 0.556. The van der Waals surface area contributed by atoms with Crippen LogP contribution in [0.25, 0.3) is 0 Å². The second-order valence-corrected chi connectivity index (χ2v) is 6.55. The van der Waals surface area contributed by atoms with Gasteiger partial charge in [0.1, 0.15) is 6.29 Å². The Balaban J connectivity index is 2.20. The van der Waals surface area contributed by atoms with E-state index in [4.69, 9.17) is 4.74 Å². The van der Waals surface area contributed by atoms with Crippen molar-refractivity contribution in [2.45, 2.75) is 50.8 Å². The average Bonchev–Trinajstić information content (AvgIpc) is 2.55. The van der Waals surface area contributed by atoms with Crippen LogP contribution in [0.1, 0.15) is 56.3 Å². The summed E-state index contributed by atoms with van der Waals surface area (Å²) in [7, 11) is 0. The number of carbonyl (C=O) groups excluding carboxylic acids is 2. The average molecular weight is 322 g/mol. The minimum Gasteiger partial charge on any atom is -0.465 e. The fourth-order valence-corrected chi connectivity index (χ4v) is 2.91. The molecular formula is C18H26O3S. The maximum atomic E-state index is 11.7. The Labute approximate surface area is 137 Å². The third-order valence-electron chi connectivity index (χ3n) is 3.61. The summed E-state index contributed by atoms with van der Waals surface area (Å²) in [6, 6.07) is 7.37. The first-order valence-corrected chi connectivity index (χ1v) is 9.01. The summed E-state index contributed by atoms with van der Waals surface area (Å²) in [5, 5.41) is 0. The molecule has 3 nitrogen and oxygen atoms in total. The summed E-state index contributed by atoms with van der Waals surface area (Å²) in [6.07, 6.45) is 5.83. The maximum Gasteiger partial charge on any atom is 0.306 e. The summed E-state index contributed by atoms with van der Waals surface area (Å²) < 4.78 is 5.37. The van der Waals surface area contributed by atoms with Gasteiger partial charge in [-0.2, -0.15) is 0 Å². The molecule has 0 saturated heterocycles. The van der Waals surface area contributed by atoms with Gasteiger partial charge in [-0.3, -0.25) is 9.59 Å². The van der Waals surface area contributed by atoms with Crippen molar-refractivity contribution in [3.63, 3.8) is 0 Å². The predicted molar refractivity (Wildman–Crippen MR) is 91.4 cm³/mol. The zero-order chi connectivity index (χ0) is 16.2. The molecule has 1 aromatic carbocycles. The van der Waals surface area contributed by atoms with Crippen molar-refractivity contribution in [1.82, 2.24) is 0 Å². The number of rotatable bonds is 11. The summed E-state index contributed by atoms with van der Waals surface area (Å²) in [5.74, 6) is 1.07. The molecular weight excluding hydrogens is 296 g/mol. The lowest BCUT2D eigenvalue weighted by atomic mass is 10.0. The van der Waals surface area contributed by atoms with Gasteiger partial charge >= 0.3 is 5.97 Å². The van der Waals surface area contributed by atoms with E-state index in [1.807, 2.05) is 12.1 Å². The Morgan fingerprint density at radius 2 is 2.00 bits per heavy atom. The van der Waals surface area contributed by atoms with Gasteiger partial charge in [0.25, 0.3) is 0 Å². The highest BCUT2D eigenvalue weighted by Crippen LogP contribution is 2.19. The maximum absolute atomic E-state index is 11.7. The molecule has 0 aliphatic rings. The minimum absolute atomic E-state index is 0.119. The fourth-order valence-electron chi connectivity index (χ4n) is 2.08. The third-order valence-corrected chi connectivity index (χ3v) is 4.63. The van der Waals surface area contributed by atoms with Crippen molar-refractivity contribution in [2.24, 2.45) is 5.92 Å². The minimum atomic E-state index is -0.119. The number of benzene rings is 1. The van der Waals surface area contributed by atoms with E-state index in [1.54, 1.807) is 23.9 Å². The van der Waals surface area contributed by atoms with Crippen LogP contribution >= 0.6 is 11.8 Å². The highest BCUT2D eigenvalue weighted by Gasteiger charge is 2.10. The summed E-state index contributed by atoms with van der Waals surface area (Å²) in [6.45, 7) is 4.87. The molecule has 0 amide bonds. The Hall–Kier alpha value is -1.29. The molecule has 0 N–H and O–H groups in total. The Bertz CT molecular complexity index is 442. The van der Waals surface area contributed by atoms with Crippen molar-refractivity contribution in [3.8, 4) is 0 Å². The largest absolute Gasteiger partial charge is 0.465 e. The number of hydrogen-bond acceptors (Lipinski definition) is 4. The number of thioether (sulfide) groups is 1. The molecule has 0 radical (unpaired) electrons. The van der Waals surface area contributed by atoms with Gasteiger partial charge in [-0.15, -0.1) is 11.8 Å². The van der Waals surface area contributed by atoms with Crippen LogP contribution in [0.3, 0.4) is 0 Å². The number of hydrogen-bond donors (Lipinski definition) is 0. The van der Waals surface area contributed by atoms with Gasteiger partial charge in [-0.1, -0.05) is 45.2 Å². The molecule has 0 aliphatic heterocycles. The molecule has 0 aliphatic carbocycles. The van der Waals surface area contributed by atoms with Crippen LogP contribution in [0.5, 0.6) is 0 Å². The van der Waals surface area contributed by atoms with Gasteiger partial charge in [0.15, 0.2) is 0 Å². The molecule has 0 saturated carbocycles. The Kier molecular flexibility index (Phi) is 9.64. The summed E-state index contributed by atoms with van der Waals surface area (Å²) in [4.78, 5) is 23.4. The number of aldehydes is 1. The molecule has 1 unspecified atom stereocenters. The highest BCUT2D eigenvalue weighted by molar-refractivity contribution is 7.99. The predicted octanol–water partition coefficient (Wildman–Crippen LogP) is 4.74. The third kappa shape index (κ3) is 7.64. The van der Waals surface area contributed by atoms with Crippen molar-refractivity contribution in [1.29, 1.82) is 0 Å². The van der Waals surface area contributed by atoms with E-state index in [2.05, 4.69) is 13.8 Å². The molecule has 0 spiro atoms. The molecule has 1 rings (SSSR count). The van der Waals surface area contributed by atoms with E-state index < -0.39 is 0 Å². The Morgan fingerprint density at radius 3 is 2.59 bits per heavy atom. The number of unbranched alkanes of at least 4 members (excludes halogenated alkanes) is 1. The van der Waals surface area contributed by atoms with E-state index in [0.717, 1.165) is 24.0 Å². The Morgan fingerprint density at radius 1 is 1.27 bits per heavy atom. The van der Waals surface area contributed by atoms with Crippen LogP contribution in [0.2, 0.25) is 0 Å². The van der Waals surface area contributed by atoms with E-state index in [9.17, 15) is 9.59 Å². The molecule has 22 heavy (non-hydrogen) atoms. The van der Waals surface area contributed by atoms with Gasteiger partial charge in [0, 0.05) is 16.2 Å². The van der Waals surface area contributed by atoms with Gasteiger partial charge in [-0.05, 0) is 24.5 Å². The SMILES string of the molecule is CCCCC(CC)COC(=O)CCSc1ccc(C=O)cc1. The van der Waals surface area contributed by atoms with Gasteiger partial charge in [0.05, 0.1) is 13.0 Å². The van der Waals surface area contributed by atoms with E-state index >= 15 is 0 Å². The smallest absolute Gasteiger partial charge is 0.306 e. The van der Waals surface area contributed by atoms with E-state index in [0.29, 0.717) is 30.3 Å². The zero-order valence-electron chi connectivity index (χ0n) is 13.5. The molecule has 1 aromatic rings. The molecule has 1 atom stereocenters. The topological polar surface area (TPSA) is 43.4 Å². The van der Waals surface area contributed by atoms with Crippen LogP contribution < -0.4 is 0 Å². The van der Waals surface area contributed by atoms with E-state index in [-0.39, 0.29) is 5.97 Å². The second-order valence-electron chi connectivity index (χ2n) is 5.38. The lowest BCUT2D eigenvalue weighted by Gasteiger charge is -2.14. The molecule has 4 heteroatoms. The lowest BCUT2D eigenvalue weighted by molar-refractivity contribution is -0.144. The lowest BCUT2D eigenvalue weighted by Crippen LogP contribution is -2.14. The molecule has 122 valence electrons. The van der Waals surface area contributed by atoms with Crippen LogP contribution in [0.4, 0.5) is 0 Å². The standard InChI is InChI=1S/C18H26O3S/c1-3-5-6-15(4-2)14-21-18(20)11-12-22-17-9-7-16(13-19)8-10-17/h7-10,13,15H,3-6,11-12,14H2,1-2H3. The van der Waals surface area contributed by atoms with Crippen molar-refractivity contribution >= 4 is 24.0 Å². The van der Waals surface area contributed by atoms with Gasteiger partial charge in [-0.25, -0.2) is 0 Å². The van der Waals surface area contributed by atoms with E-state index in [1.165, 1.54) is 12.8 Å². The molecule has 0 aromatic heterocycles. The van der Waals surface area contributed by atoms with Gasteiger partial charge < -0.3 is 4.74 Å². The first kappa shape index (κ1) is 18.8. The van der Waals surface area contributed by atoms with Crippen LogP contribution in [0.15, 0.2) is 29.2 Å². The summed E-state index contributed by atoms with van der Waals surface area (Å²) >= 11 is 1.61. The monoisotopic (exact) mass is 322 g/mol. The number of esters is 1. The first-order chi connectivity index (χ1) is 10.7. The first-order valence-electron chi connectivity index (χ1n) is 8.03. The van der Waals surface area contributed by atoms with Crippen molar-refractivity contribution in [3.05, 3.63) is 29.8 Å². The van der Waals surface area contributed by atoms with Crippen molar-refractivity contribution < 1.29 is 14.3 Å². The number of ether oxygens (including phenoxy) is 1. The molecule has 0 heterocycles. The quantitative estimate of drug-likeness (QED) is 0.335. The summed E-state index contributed by atoms with van der Waals surface area (Å²) in [5.41, 5.74) is 0.668. The number of carbonyl (C=O) groups is 2. The molecule has 0 fully saturated rings. The van der Waals surface area contributed by atoms with Crippen LogP contribution in [0, 0.1) is 5.92 Å². The van der Waals surface area contributed by atoms with Crippen molar-refractivity contribution in [2.75, 3.05) is 12.4 Å². The second kappa shape index (κ2) is 11.3. The highest BCUT2D eigenvalue weighted by atomic mass is 32.2. The van der Waals surface area contributed by atoms with Gasteiger partial charge in [0.2, 0.25) is 0 Å². The van der Waals surface area contributed by atoms with Crippen LogP contribution in [-0.2, 0) is 9.53 Å². The van der Waals surface area contributed by atoms with Crippen LogP contribution in [-0.4, -0.2) is 24.6 Å². The zero-order valence-corrected chi connectivity index (χ0v) is 14.4. The molecule has 0 bridgehead atoms. The normalized spacial score (nSPS) is 11.9.